The molecule has 1 saturated heterocycles. The maximum Gasteiger partial charge on any atom is 0.335 e. The first-order valence-corrected chi connectivity index (χ1v) is 10.9. The molecule has 3 aromatic rings. The molecule has 1 fully saturated rings. The molecule has 0 atom stereocenters. The maximum absolute atomic E-state index is 13.0. The number of barbiturate groups is 1. The summed E-state index contributed by atoms with van der Waals surface area (Å²) in [5, 5.41) is 12.1. The zero-order valence-electron chi connectivity index (χ0n) is 17.8. The summed E-state index contributed by atoms with van der Waals surface area (Å²) in [4.78, 5) is 49.6. The molecule has 8 nitrogen and oxygen atoms in total. The standard InChI is InChI=1S/C25H16Cl2N2O6/c26-17-6-5-16(21(27)12-17)13-35-19-9-7-18(8-10-19)29-23(31)20(22(30)28-25(29)34)11-14-1-3-15(4-2-14)24(32)33/h1-12H,13H2,(H,32,33)(H,28,30,34)/b20-11+. The van der Waals surface area contributed by atoms with Gasteiger partial charge < -0.3 is 9.84 Å². The Hall–Kier alpha value is -4.14. The molecule has 1 aliphatic heterocycles. The summed E-state index contributed by atoms with van der Waals surface area (Å²) in [7, 11) is 0. The Morgan fingerprint density at radius 2 is 1.66 bits per heavy atom. The summed E-state index contributed by atoms with van der Waals surface area (Å²) in [5.41, 5.74) is 1.17. The van der Waals surface area contributed by atoms with Gasteiger partial charge in [-0.3, -0.25) is 14.9 Å². The Bertz CT molecular complexity index is 1370. The molecule has 0 radical (unpaired) electrons. The molecule has 1 heterocycles. The van der Waals surface area contributed by atoms with E-state index in [4.69, 9.17) is 33.0 Å². The van der Waals surface area contributed by atoms with Crippen molar-refractivity contribution in [3.63, 3.8) is 0 Å². The Balaban J connectivity index is 1.52. The molecule has 0 aromatic heterocycles. The number of rotatable bonds is 6. The van der Waals surface area contributed by atoms with Crippen molar-refractivity contribution < 1.29 is 29.0 Å². The number of halogens is 2. The second-order valence-electron chi connectivity index (χ2n) is 7.40. The van der Waals surface area contributed by atoms with Crippen LogP contribution in [0.25, 0.3) is 6.08 Å². The number of benzene rings is 3. The molecule has 0 bridgehead atoms. The number of carboxylic acids is 1. The first kappa shape index (κ1) is 24.0. The minimum Gasteiger partial charge on any atom is -0.489 e. The highest BCUT2D eigenvalue weighted by atomic mass is 35.5. The number of nitrogens with zero attached hydrogens (tertiary/aromatic N) is 1. The van der Waals surface area contributed by atoms with Gasteiger partial charge >= 0.3 is 12.0 Å². The number of amides is 4. The number of imide groups is 2. The van der Waals surface area contributed by atoms with Crippen LogP contribution in [0.1, 0.15) is 21.5 Å². The Morgan fingerprint density at radius 3 is 2.29 bits per heavy atom. The molecule has 176 valence electrons. The average Bonchev–Trinajstić information content (AvgIpc) is 2.82. The van der Waals surface area contributed by atoms with Crippen molar-refractivity contribution >= 4 is 58.8 Å². The number of carbonyl (C=O) groups excluding carboxylic acids is 3. The molecule has 2 N–H and O–H groups in total. The van der Waals surface area contributed by atoms with Crippen LogP contribution in [0.5, 0.6) is 5.75 Å². The van der Waals surface area contributed by atoms with Gasteiger partial charge in [0.25, 0.3) is 11.8 Å². The number of hydrogen-bond acceptors (Lipinski definition) is 5. The van der Waals surface area contributed by atoms with Crippen molar-refractivity contribution in [3.8, 4) is 5.75 Å². The SMILES string of the molecule is O=C1NC(=O)N(c2ccc(OCc3ccc(Cl)cc3Cl)cc2)C(=O)/C1=C/c1ccc(C(=O)O)cc1. The molecule has 1 aliphatic rings. The molecule has 0 saturated carbocycles. The van der Waals surface area contributed by atoms with E-state index < -0.39 is 23.8 Å². The molecule has 4 amide bonds. The minimum absolute atomic E-state index is 0.0593. The summed E-state index contributed by atoms with van der Waals surface area (Å²) in [6.45, 7) is 0.181. The topological polar surface area (TPSA) is 113 Å². The molecule has 0 unspecified atom stereocenters. The van der Waals surface area contributed by atoms with E-state index in [1.165, 1.54) is 42.5 Å². The zero-order chi connectivity index (χ0) is 25.1. The number of aromatic carboxylic acids is 1. The van der Waals surface area contributed by atoms with Crippen LogP contribution in [0.3, 0.4) is 0 Å². The third kappa shape index (κ3) is 5.34. The van der Waals surface area contributed by atoms with Gasteiger partial charge in [0, 0.05) is 15.6 Å². The van der Waals surface area contributed by atoms with Crippen LogP contribution >= 0.6 is 23.2 Å². The molecule has 0 spiro atoms. The highest BCUT2D eigenvalue weighted by Crippen LogP contribution is 2.26. The summed E-state index contributed by atoms with van der Waals surface area (Å²) >= 11 is 12.0. The second kappa shape index (κ2) is 10.0. The van der Waals surface area contributed by atoms with Gasteiger partial charge in [-0.2, -0.15) is 0 Å². The second-order valence-corrected chi connectivity index (χ2v) is 8.25. The third-order valence-corrected chi connectivity index (χ3v) is 5.66. The lowest BCUT2D eigenvalue weighted by Crippen LogP contribution is -2.54. The Kier molecular flexibility index (Phi) is 6.86. The Labute approximate surface area is 209 Å². The first-order chi connectivity index (χ1) is 16.7. The molecule has 10 heteroatoms. The van der Waals surface area contributed by atoms with E-state index in [9.17, 15) is 19.2 Å². The predicted octanol–water partition coefficient (Wildman–Crippen LogP) is 4.94. The predicted molar refractivity (Wildman–Crippen MR) is 130 cm³/mol. The van der Waals surface area contributed by atoms with E-state index in [-0.39, 0.29) is 23.4 Å². The number of urea groups is 1. The van der Waals surface area contributed by atoms with E-state index in [0.717, 1.165) is 10.5 Å². The van der Waals surface area contributed by atoms with E-state index in [0.29, 0.717) is 21.4 Å². The number of carbonyl (C=O) groups is 4. The van der Waals surface area contributed by atoms with Gasteiger partial charge in [-0.25, -0.2) is 14.5 Å². The maximum atomic E-state index is 13.0. The number of carboxylic acid groups (broad SMARTS) is 1. The monoisotopic (exact) mass is 510 g/mol. The number of ether oxygens (including phenoxy) is 1. The highest BCUT2D eigenvalue weighted by molar-refractivity contribution is 6.39. The van der Waals surface area contributed by atoms with E-state index in [2.05, 4.69) is 5.32 Å². The lowest BCUT2D eigenvalue weighted by Gasteiger charge is -2.26. The number of hydrogen-bond donors (Lipinski definition) is 2. The van der Waals surface area contributed by atoms with Gasteiger partial charge in [-0.15, -0.1) is 0 Å². The summed E-state index contributed by atoms with van der Waals surface area (Å²) in [6, 6.07) is 15.9. The first-order valence-electron chi connectivity index (χ1n) is 10.1. The van der Waals surface area contributed by atoms with Crippen LogP contribution < -0.4 is 15.0 Å². The lowest BCUT2D eigenvalue weighted by atomic mass is 10.1. The smallest absolute Gasteiger partial charge is 0.335 e. The van der Waals surface area contributed by atoms with E-state index in [1.807, 2.05) is 0 Å². The van der Waals surface area contributed by atoms with Crippen LogP contribution in [-0.2, 0) is 16.2 Å². The van der Waals surface area contributed by atoms with Gasteiger partial charge in [-0.05, 0) is 60.2 Å². The van der Waals surface area contributed by atoms with Crippen molar-refractivity contribution in [2.75, 3.05) is 4.90 Å². The summed E-state index contributed by atoms with van der Waals surface area (Å²) in [6.07, 6.45) is 1.29. The van der Waals surface area contributed by atoms with Crippen LogP contribution in [0.4, 0.5) is 10.5 Å². The molecule has 0 aliphatic carbocycles. The van der Waals surface area contributed by atoms with Crippen molar-refractivity contribution in [1.29, 1.82) is 0 Å². The fourth-order valence-corrected chi connectivity index (χ4v) is 3.73. The molecule has 3 aromatic carbocycles. The van der Waals surface area contributed by atoms with Gasteiger partial charge in [0.05, 0.1) is 11.3 Å². The highest BCUT2D eigenvalue weighted by Gasteiger charge is 2.36. The molecular weight excluding hydrogens is 495 g/mol. The number of nitrogens with one attached hydrogen (secondary N) is 1. The van der Waals surface area contributed by atoms with Gasteiger partial charge in [0.1, 0.15) is 17.9 Å². The van der Waals surface area contributed by atoms with Gasteiger partial charge in [0.15, 0.2) is 0 Å². The van der Waals surface area contributed by atoms with Crippen LogP contribution in [-0.4, -0.2) is 28.9 Å². The fraction of sp³-hybridized carbons (Fsp3) is 0.0400. The summed E-state index contributed by atoms with van der Waals surface area (Å²) < 4.78 is 5.71. The molecule has 35 heavy (non-hydrogen) atoms. The molecular formula is C25H16Cl2N2O6. The average molecular weight is 511 g/mol. The third-order valence-electron chi connectivity index (χ3n) is 5.07. The van der Waals surface area contributed by atoms with Crippen molar-refractivity contribution in [2.24, 2.45) is 0 Å². The van der Waals surface area contributed by atoms with Crippen LogP contribution in [0, 0.1) is 0 Å². The van der Waals surface area contributed by atoms with Crippen molar-refractivity contribution in [2.45, 2.75) is 6.61 Å². The summed E-state index contributed by atoms with van der Waals surface area (Å²) in [5.74, 6) is -2.30. The van der Waals surface area contributed by atoms with Crippen molar-refractivity contribution in [3.05, 3.63) is 99.0 Å². The van der Waals surface area contributed by atoms with Gasteiger partial charge in [0.2, 0.25) is 0 Å². The van der Waals surface area contributed by atoms with E-state index >= 15 is 0 Å². The fourth-order valence-electron chi connectivity index (χ4n) is 3.27. The zero-order valence-corrected chi connectivity index (χ0v) is 19.3. The van der Waals surface area contributed by atoms with E-state index in [1.54, 1.807) is 30.3 Å². The van der Waals surface area contributed by atoms with Crippen LogP contribution in [0.15, 0.2) is 72.3 Å². The number of anilines is 1. The minimum atomic E-state index is -1.10. The lowest BCUT2D eigenvalue weighted by molar-refractivity contribution is -0.122. The largest absolute Gasteiger partial charge is 0.489 e. The van der Waals surface area contributed by atoms with Crippen LogP contribution in [0.2, 0.25) is 10.0 Å². The normalized spacial score (nSPS) is 14.7. The molecule has 4 rings (SSSR count). The van der Waals surface area contributed by atoms with Gasteiger partial charge in [-0.1, -0.05) is 41.4 Å². The Morgan fingerprint density at radius 1 is 0.971 bits per heavy atom. The van der Waals surface area contributed by atoms with Crippen molar-refractivity contribution in [1.82, 2.24) is 5.32 Å². The quantitative estimate of drug-likeness (QED) is 0.358.